The van der Waals surface area contributed by atoms with Crippen LogP contribution in [0.4, 0.5) is 4.39 Å². The molecule has 2 fully saturated rings. The molecule has 5 nitrogen and oxygen atoms in total. The van der Waals surface area contributed by atoms with Gasteiger partial charge in [0.05, 0.1) is 24.6 Å². The minimum absolute atomic E-state index is 0.236. The van der Waals surface area contributed by atoms with E-state index < -0.39 is 0 Å². The van der Waals surface area contributed by atoms with Crippen molar-refractivity contribution in [3.05, 3.63) is 48.0 Å². The summed E-state index contributed by atoms with van der Waals surface area (Å²) in [5, 5.41) is 7.80. The third-order valence-electron chi connectivity index (χ3n) is 4.66. The molecule has 2 heterocycles. The highest BCUT2D eigenvalue weighted by atomic mass is 19.1. The van der Waals surface area contributed by atoms with Crippen molar-refractivity contribution in [2.24, 2.45) is 0 Å². The fourth-order valence-electron chi connectivity index (χ4n) is 3.20. The molecule has 1 aromatic carbocycles. The third-order valence-corrected chi connectivity index (χ3v) is 4.66. The molecule has 1 unspecified atom stereocenters. The van der Waals surface area contributed by atoms with E-state index in [0.717, 1.165) is 50.1 Å². The number of halogens is 1. The van der Waals surface area contributed by atoms with Crippen LogP contribution < -0.4 is 5.32 Å². The van der Waals surface area contributed by atoms with Crippen LogP contribution >= 0.6 is 0 Å². The summed E-state index contributed by atoms with van der Waals surface area (Å²) >= 11 is 0. The first kappa shape index (κ1) is 15.7. The second-order valence-electron chi connectivity index (χ2n) is 6.62. The maximum absolute atomic E-state index is 13.0. The molecule has 1 saturated heterocycles. The van der Waals surface area contributed by atoms with Crippen LogP contribution in [0.1, 0.15) is 18.4 Å². The molecular weight excluding hydrogens is 307 g/mol. The fraction of sp³-hybridized carbons (Fsp3) is 0.500. The van der Waals surface area contributed by atoms with Crippen LogP contribution in [0.5, 0.6) is 0 Å². The van der Waals surface area contributed by atoms with Gasteiger partial charge in [-0.15, -0.1) is 0 Å². The van der Waals surface area contributed by atoms with E-state index in [1.165, 1.54) is 25.0 Å². The monoisotopic (exact) mass is 330 g/mol. The highest BCUT2D eigenvalue weighted by Gasteiger charge is 2.32. The van der Waals surface area contributed by atoms with E-state index in [1.54, 1.807) is 16.8 Å². The Morgan fingerprint density at radius 3 is 2.88 bits per heavy atom. The van der Waals surface area contributed by atoms with Gasteiger partial charge in [0.25, 0.3) is 0 Å². The van der Waals surface area contributed by atoms with E-state index in [1.807, 2.05) is 12.4 Å². The molecule has 4 rings (SSSR count). The molecule has 1 aromatic heterocycles. The number of ether oxygens (including phenoxy) is 1. The number of benzene rings is 1. The largest absolute Gasteiger partial charge is 0.374 e. The van der Waals surface area contributed by atoms with E-state index in [-0.39, 0.29) is 11.9 Å². The summed E-state index contributed by atoms with van der Waals surface area (Å²) in [6, 6.07) is 7.15. The topological polar surface area (TPSA) is 42.3 Å². The molecule has 1 aliphatic carbocycles. The number of hydrogen-bond acceptors (Lipinski definition) is 4. The maximum Gasteiger partial charge on any atom is 0.123 e. The Bertz CT molecular complexity index is 668. The summed E-state index contributed by atoms with van der Waals surface area (Å²) < 4.78 is 20.6. The van der Waals surface area contributed by atoms with E-state index in [0.29, 0.717) is 0 Å². The molecular formula is C18H23FN4O. The number of nitrogens with one attached hydrogen (secondary N) is 1. The zero-order valence-electron chi connectivity index (χ0n) is 13.7. The Labute approximate surface area is 141 Å². The van der Waals surface area contributed by atoms with Crippen molar-refractivity contribution in [3.63, 3.8) is 0 Å². The average Bonchev–Trinajstić information content (AvgIpc) is 3.35. The summed E-state index contributed by atoms with van der Waals surface area (Å²) in [6.07, 6.45) is 6.78. The highest BCUT2D eigenvalue weighted by molar-refractivity contribution is 5.31. The van der Waals surface area contributed by atoms with Gasteiger partial charge >= 0.3 is 0 Å². The van der Waals surface area contributed by atoms with Gasteiger partial charge in [-0.05, 0) is 37.1 Å². The van der Waals surface area contributed by atoms with Crippen LogP contribution in [0.3, 0.4) is 0 Å². The quantitative estimate of drug-likeness (QED) is 0.879. The standard InChI is InChI=1S/C18H23FN4O/c19-15-1-3-17(4-2-15)23-12-14(10-21-23)9-20-11-18-13-22(7-8-24-18)16-5-6-16/h1-4,10,12,16,18,20H,5-9,11,13H2. The van der Waals surface area contributed by atoms with Crippen molar-refractivity contribution in [2.75, 3.05) is 26.2 Å². The first-order chi connectivity index (χ1) is 11.8. The zero-order chi connectivity index (χ0) is 16.4. The summed E-state index contributed by atoms with van der Waals surface area (Å²) in [7, 11) is 0. The Morgan fingerprint density at radius 2 is 2.08 bits per heavy atom. The lowest BCUT2D eigenvalue weighted by Crippen LogP contribution is -2.47. The molecule has 0 radical (unpaired) electrons. The van der Waals surface area contributed by atoms with Crippen molar-refractivity contribution in [1.29, 1.82) is 0 Å². The predicted molar refractivity (Wildman–Crippen MR) is 89.6 cm³/mol. The van der Waals surface area contributed by atoms with E-state index in [4.69, 9.17) is 4.74 Å². The first-order valence-corrected chi connectivity index (χ1v) is 8.64. The molecule has 0 amide bonds. The molecule has 6 heteroatoms. The zero-order valence-corrected chi connectivity index (χ0v) is 13.7. The van der Waals surface area contributed by atoms with Crippen molar-refractivity contribution < 1.29 is 9.13 Å². The SMILES string of the molecule is Fc1ccc(-n2cc(CNCC3CN(C4CC4)CCO3)cn2)cc1. The molecule has 2 aromatic rings. The van der Waals surface area contributed by atoms with E-state index in [2.05, 4.69) is 15.3 Å². The third kappa shape index (κ3) is 3.83. The van der Waals surface area contributed by atoms with Crippen molar-refractivity contribution >= 4 is 0 Å². The van der Waals surface area contributed by atoms with Crippen LogP contribution in [0, 0.1) is 5.82 Å². The van der Waals surface area contributed by atoms with Gasteiger partial charge in [-0.1, -0.05) is 0 Å². The predicted octanol–water partition coefficient (Wildman–Crippen LogP) is 1.96. The van der Waals surface area contributed by atoms with Gasteiger partial charge < -0.3 is 10.1 Å². The Hall–Kier alpha value is -1.76. The van der Waals surface area contributed by atoms with Crippen LogP contribution in [0.2, 0.25) is 0 Å². The smallest absolute Gasteiger partial charge is 0.123 e. The van der Waals surface area contributed by atoms with Gasteiger partial charge in [0, 0.05) is 44.0 Å². The molecule has 1 aliphatic heterocycles. The maximum atomic E-state index is 13.0. The lowest BCUT2D eigenvalue weighted by atomic mass is 10.2. The summed E-state index contributed by atoms with van der Waals surface area (Å²) in [5.41, 5.74) is 1.97. The summed E-state index contributed by atoms with van der Waals surface area (Å²) in [6.45, 7) is 4.55. The molecule has 1 atom stereocenters. The van der Waals surface area contributed by atoms with Crippen molar-refractivity contribution in [3.8, 4) is 5.69 Å². The molecule has 0 bridgehead atoms. The van der Waals surface area contributed by atoms with Gasteiger partial charge in [0.2, 0.25) is 0 Å². The highest BCUT2D eigenvalue weighted by Crippen LogP contribution is 2.28. The molecule has 2 aliphatic rings. The summed E-state index contributed by atoms with van der Waals surface area (Å²) in [5.74, 6) is -0.236. The Balaban J connectivity index is 1.26. The van der Waals surface area contributed by atoms with Crippen LogP contribution in [0.25, 0.3) is 5.69 Å². The normalized spacial score (nSPS) is 22.0. The van der Waals surface area contributed by atoms with Gasteiger partial charge in [-0.25, -0.2) is 9.07 Å². The van der Waals surface area contributed by atoms with Gasteiger partial charge in [-0.2, -0.15) is 5.10 Å². The van der Waals surface area contributed by atoms with Crippen LogP contribution in [-0.2, 0) is 11.3 Å². The van der Waals surface area contributed by atoms with Crippen LogP contribution in [0.15, 0.2) is 36.7 Å². The Morgan fingerprint density at radius 1 is 1.25 bits per heavy atom. The molecule has 128 valence electrons. The minimum atomic E-state index is -0.236. The number of nitrogens with zero attached hydrogens (tertiary/aromatic N) is 3. The molecule has 1 N–H and O–H groups in total. The first-order valence-electron chi connectivity index (χ1n) is 8.64. The molecule has 1 saturated carbocycles. The lowest BCUT2D eigenvalue weighted by Gasteiger charge is -2.33. The van der Waals surface area contributed by atoms with E-state index in [9.17, 15) is 4.39 Å². The number of aromatic nitrogens is 2. The van der Waals surface area contributed by atoms with Gasteiger partial charge in [0.1, 0.15) is 5.82 Å². The van der Waals surface area contributed by atoms with Gasteiger partial charge in [0.15, 0.2) is 0 Å². The number of rotatable bonds is 6. The Kier molecular flexibility index (Phi) is 4.60. The van der Waals surface area contributed by atoms with E-state index >= 15 is 0 Å². The number of hydrogen-bond donors (Lipinski definition) is 1. The minimum Gasteiger partial charge on any atom is -0.374 e. The molecule has 24 heavy (non-hydrogen) atoms. The second kappa shape index (κ2) is 7.01. The van der Waals surface area contributed by atoms with Crippen molar-refractivity contribution in [2.45, 2.75) is 31.5 Å². The lowest BCUT2D eigenvalue weighted by molar-refractivity contribution is -0.0301. The average molecular weight is 330 g/mol. The van der Waals surface area contributed by atoms with Gasteiger partial charge in [-0.3, -0.25) is 4.90 Å². The van der Waals surface area contributed by atoms with Crippen LogP contribution in [-0.4, -0.2) is 53.1 Å². The van der Waals surface area contributed by atoms with Crippen molar-refractivity contribution in [1.82, 2.24) is 20.0 Å². The summed E-state index contributed by atoms with van der Waals surface area (Å²) in [4.78, 5) is 2.56. The molecule has 0 spiro atoms. The number of morpholine rings is 1. The second-order valence-corrected chi connectivity index (χ2v) is 6.62. The fourth-order valence-corrected chi connectivity index (χ4v) is 3.20.